The van der Waals surface area contributed by atoms with Gasteiger partial charge < -0.3 is 5.32 Å². The van der Waals surface area contributed by atoms with E-state index in [0.717, 1.165) is 12.3 Å². The van der Waals surface area contributed by atoms with Crippen molar-refractivity contribution in [2.75, 3.05) is 11.0 Å². The molecule has 0 saturated heterocycles. The summed E-state index contributed by atoms with van der Waals surface area (Å²) in [7, 11) is -3.72. The molecule has 154 valence electrons. The summed E-state index contributed by atoms with van der Waals surface area (Å²) in [5, 5.41) is 2.54. The molecule has 1 heterocycles. The number of rotatable bonds is 7. The quantitative estimate of drug-likeness (QED) is 0.523. The van der Waals surface area contributed by atoms with Crippen molar-refractivity contribution in [2.24, 2.45) is 0 Å². The standard InChI is InChI=1S/C21H17F2N3O3S/c1-4-15-10-14(11-18(23)21(15)26-30(3,28)29)13-24-20(27)9-7-16-6-8-17(12-22)25-19(16)5-2/h1-2,6-11,26H,12-13H2,3H3,(H,24,27)/b9-7+. The lowest BCUT2D eigenvalue weighted by Gasteiger charge is -2.11. The van der Waals surface area contributed by atoms with Crippen LogP contribution in [0.5, 0.6) is 0 Å². The van der Waals surface area contributed by atoms with Crippen molar-refractivity contribution in [2.45, 2.75) is 13.2 Å². The van der Waals surface area contributed by atoms with Gasteiger partial charge in [-0.2, -0.15) is 0 Å². The SMILES string of the molecule is C#Cc1cc(CNC(=O)/C=C/c2ccc(CF)nc2C#C)cc(F)c1NS(C)(=O)=O. The molecule has 0 spiro atoms. The van der Waals surface area contributed by atoms with Crippen molar-refractivity contribution in [3.05, 3.63) is 64.2 Å². The van der Waals surface area contributed by atoms with Crippen molar-refractivity contribution < 1.29 is 22.0 Å². The van der Waals surface area contributed by atoms with Gasteiger partial charge in [0.05, 0.1) is 23.2 Å². The molecular weight excluding hydrogens is 412 g/mol. The number of halogens is 2. The van der Waals surface area contributed by atoms with Gasteiger partial charge in [-0.3, -0.25) is 9.52 Å². The summed E-state index contributed by atoms with van der Waals surface area (Å²) in [6.45, 7) is -0.817. The minimum absolute atomic E-state index is 0.00194. The Morgan fingerprint density at radius 1 is 1.27 bits per heavy atom. The minimum atomic E-state index is -3.72. The van der Waals surface area contributed by atoms with Gasteiger partial charge in [-0.25, -0.2) is 22.2 Å². The Labute approximate surface area is 173 Å². The maximum absolute atomic E-state index is 14.3. The number of carbonyl (C=O) groups is 1. The highest BCUT2D eigenvalue weighted by Crippen LogP contribution is 2.22. The molecule has 0 aliphatic rings. The number of amides is 1. The maximum Gasteiger partial charge on any atom is 0.244 e. The molecule has 0 unspecified atom stereocenters. The van der Waals surface area contributed by atoms with E-state index in [9.17, 15) is 22.0 Å². The van der Waals surface area contributed by atoms with Gasteiger partial charge >= 0.3 is 0 Å². The van der Waals surface area contributed by atoms with Crippen LogP contribution < -0.4 is 10.0 Å². The second-order valence-corrected chi connectivity index (χ2v) is 7.84. The maximum atomic E-state index is 14.3. The molecule has 30 heavy (non-hydrogen) atoms. The van der Waals surface area contributed by atoms with E-state index in [2.05, 4.69) is 22.1 Å². The van der Waals surface area contributed by atoms with Crippen LogP contribution in [0.25, 0.3) is 6.08 Å². The fourth-order valence-corrected chi connectivity index (χ4v) is 2.99. The second kappa shape index (κ2) is 9.68. The summed E-state index contributed by atoms with van der Waals surface area (Å²) >= 11 is 0. The third kappa shape index (κ3) is 6.16. The number of aromatic nitrogens is 1. The van der Waals surface area contributed by atoms with Crippen LogP contribution >= 0.6 is 0 Å². The highest BCUT2D eigenvalue weighted by molar-refractivity contribution is 7.92. The van der Waals surface area contributed by atoms with E-state index >= 15 is 0 Å². The predicted molar refractivity (Wildman–Crippen MR) is 111 cm³/mol. The molecule has 9 heteroatoms. The Morgan fingerprint density at radius 3 is 2.60 bits per heavy atom. The van der Waals surface area contributed by atoms with Crippen LogP contribution in [-0.4, -0.2) is 25.6 Å². The molecule has 2 N–H and O–H groups in total. The number of pyridine rings is 1. The molecule has 0 radical (unpaired) electrons. The van der Waals surface area contributed by atoms with Crippen LogP contribution in [-0.2, 0) is 28.0 Å². The molecule has 0 atom stereocenters. The fourth-order valence-electron chi connectivity index (χ4n) is 2.42. The van der Waals surface area contributed by atoms with Gasteiger partial charge in [-0.1, -0.05) is 12.0 Å². The summed E-state index contributed by atoms with van der Waals surface area (Å²) in [6.07, 6.45) is 14.2. The lowest BCUT2D eigenvalue weighted by Crippen LogP contribution is -2.20. The van der Waals surface area contributed by atoms with E-state index in [1.165, 1.54) is 24.3 Å². The molecule has 6 nitrogen and oxygen atoms in total. The van der Waals surface area contributed by atoms with Crippen LogP contribution in [0.15, 0.2) is 30.3 Å². The molecule has 0 aliphatic heterocycles. The molecule has 0 fully saturated rings. The van der Waals surface area contributed by atoms with Crippen LogP contribution in [0.1, 0.15) is 28.1 Å². The van der Waals surface area contributed by atoms with Crippen LogP contribution in [0, 0.1) is 30.5 Å². The highest BCUT2D eigenvalue weighted by Gasteiger charge is 2.14. The Hall–Kier alpha value is -3.69. The van der Waals surface area contributed by atoms with Crippen molar-refractivity contribution in [3.63, 3.8) is 0 Å². The van der Waals surface area contributed by atoms with Crippen molar-refractivity contribution in [3.8, 4) is 24.7 Å². The zero-order chi connectivity index (χ0) is 22.3. The fraction of sp³-hybridized carbons (Fsp3) is 0.143. The first-order chi connectivity index (χ1) is 14.2. The Balaban J connectivity index is 2.12. The second-order valence-electron chi connectivity index (χ2n) is 6.09. The Morgan fingerprint density at radius 2 is 2.00 bits per heavy atom. The number of hydrogen-bond donors (Lipinski definition) is 2. The van der Waals surface area contributed by atoms with Gasteiger partial charge in [0, 0.05) is 18.2 Å². The van der Waals surface area contributed by atoms with Gasteiger partial charge in [-0.15, -0.1) is 12.8 Å². The number of anilines is 1. The lowest BCUT2D eigenvalue weighted by molar-refractivity contribution is -0.116. The summed E-state index contributed by atoms with van der Waals surface area (Å²) in [5.41, 5.74) is 0.841. The zero-order valence-electron chi connectivity index (χ0n) is 15.9. The average Bonchev–Trinajstić information content (AvgIpc) is 2.71. The number of terminal acetylenes is 2. The molecule has 2 aromatic rings. The lowest BCUT2D eigenvalue weighted by atomic mass is 10.1. The van der Waals surface area contributed by atoms with Gasteiger partial charge in [-0.05, 0) is 35.8 Å². The van der Waals surface area contributed by atoms with Crippen LogP contribution in [0.2, 0.25) is 0 Å². The number of nitrogens with one attached hydrogen (secondary N) is 2. The number of carbonyl (C=O) groups excluding carboxylic acids is 1. The van der Waals surface area contributed by atoms with E-state index < -0.39 is 28.4 Å². The third-order valence-electron chi connectivity index (χ3n) is 3.73. The van der Waals surface area contributed by atoms with Crippen molar-refractivity contribution in [1.82, 2.24) is 10.3 Å². The Bertz CT molecular complexity index is 1190. The summed E-state index contributed by atoms with van der Waals surface area (Å²) in [4.78, 5) is 16.0. The first-order valence-corrected chi connectivity index (χ1v) is 10.3. The number of sulfonamides is 1. The summed E-state index contributed by atoms with van der Waals surface area (Å²) in [6, 6.07) is 5.45. The smallest absolute Gasteiger partial charge is 0.244 e. The van der Waals surface area contributed by atoms with E-state index in [0.29, 0.717) is 11.1 Å². The van der Waals surface area contributed by atoms with Gasteiger partial charge in [0.15, 0.2) is 0 Å². The van der Waals surface area contributed by atoms with E-state index in [1.54, 1.807) is 6.07 Å². The van der Waals surface area contributed by atoms with E-state index in [1.807, 2.05) is 4.72 Å². The Kier molecular flexibility index (Phi) is 7.29. The number of nitrogens with zero attached hydrogens (tertiary/aromatic N) is 1. The molecular formula is C21H17F2N3O3S. The average molecular weight is 429 g/mol. The molecule has 1 amide bonds. The van der Waals surface area contributed by atoms with Crippen molar-refractivity contribution in [1.29, 1.82) is 0 Å². The van der Waals surface area contributed by atoms with Gasteiger partial charge in [0.25, 0.3) is 0 Å². The van der Waals surface area contributed by atoms with Gasteiger partial charge in [0.2, 0.25) is 15.9 Å². The molecule has 0 bridgehead atoms. The van der Waals surface area contributed by atoms with E-state index in [4.69, 9.17) is 12.8 Å². The topological polar surface area (TPSA) is 88.2 Å². The zero-order valence-corrected chi connectivity index (χ0v) is 16.7. The normalized spacial score (nSPS) is 11.0. The number of alkyl halides is 1. The van der Waals surface area contributed by atoms with Crippen LogP contribution in [0.4, 0.5) is 14.5 Å². The van der Waals surface area contributed by atoms with Crippen molar-refractivity contribution >= 4 is 27.7 Å². The molecule has 1 aromatic heterocycles. The molecule has 0 aliphatic carbocycles. The van der Waals surface area contributed by atoms with E-state index in [-0.39, 0.29) is 29.2 Å². The number of benzene rings is 1. The number of hydrogen-bond acceptors (Lipinski definition) is 4. The largest absolute Gasteiger partial charge is 0.348 e. The molecule has 0 saturated carbocycles. The first-order valence-electron chi connectivity index (χ1n) is 8.42. The first kappa shape index (κ1) is 22.6. The third-order valence-corrected chi connectivity index (χ3v) is 4.31. The highest BCUT2D eigenvalue weighted by atomic mass is 32.2. The molecule has 2 rings (SSSR count). The summed E-state index contributed by atoms with van der Waals surface area (Å²) < 4.78 is 51.6. The summed E-state index contributed by atoms with van der Waals surface area (Å²) in [5.74, 6) is 3.16. The molecule has 1 aromatic carbocycles. The minimum Gasteiger partial charge on any atom is -0.348 e. The predicted octanol–water partition coefficient (Wildman–Crippen LogP) is 2.35. The van der Waals surface area contributed by atoms with Crippen LogP contribution in [0.3, 0.4) is 0 Å². The van der Waals surface area contributed by atoms with Gasteiger partial charge in [0.1, 0.15) is 18.2 Å². The monoisotopic (exact) mass is 429 g/mol.